The Labute approximate surface area is 932 Å². The molecule has 8 aromatic heterocycles. The van der Waals surface area contributed by atoms with Gasteiger partial charge in [0, 0.05) is 72.7 Å². The van der Waals surface area contributed by atoms with Gasteiger partial charge in [0.25, 0.3) is 0 Å². The molecule has 12 aromatic carbocycles. The number of aromatic nitrogens is 9. The second-order valence-electron chi connectivity index (χ2n) is 35.3. The van der Waals surface area contributed by atoms with Crippen LogP contribution >= 0.6 is 0 Å². The van der Waals surface area contributed by atoms with E-state index in [9.17, 15) is 0 Å². The maximum Gasteiger partial charge on any atom is 3.00 e. The van der Waals surface area contributed by atoms with Gasteiger partial charge in [-0.3, -0.25) is 4.98 Å². The molecular weight excluding hydrogens is 2540 g/mol. The van der Waals surface area contributed by atoms with Crippen LogP contribution in [0, 0.1) is 89.1 Å². The predicted molar refractivity (Wildman–Crippen MR) is 594 cm³/mol. The Morgan fingerprint density at radius 3 is 1.07 bits per heavy atom. The molecular formula is C128H111Ir4N17. The Bertz CT molecular complexity index is 7140. The first-order valence-corrected chi connectivity index (χ1v) is 48.4. The molecule has 149 heavy (non-hydrogen) atoms. The number of aryl methyl sites for hydroxylation is 2. The number of imidazole rings is 1. The number of rotatable bonds is 15. The molecule has 17 nitrogen and oxygen atoms in total. The predicted octanol–water partition coefficient (Wildman–Crippen LogP) is 30.0. The zero-order valence-corrected chi connectivity index (χ0v) is 94.0. The van der Waals surface area contributed by atoms with Crippen LogP contribution in [-0.4, -0.2) is 71.6 Å². The largest absolute Gasteiger partial charge is 3.00 e. The van der Waals surface area contributed by atoms with Gasteiger partial charge in [0.15, 0.2) is 0 Å². The average molecular weight is 2660 g/mol. The minimum atomic E-state index is 0. The molecule has 0 spiro atoms. The number of para-hydroxylation sites is 4. The van der Waals surface area contributed by atoms with Gasteiger partial charge in [-0.1, -0.05) is 160 Å². The van der Waals surface area contributed by atoms with Crippen LogP contribution in [0.1, 0.15) is 75.6 Å². The summed E-state index contributed by atoms with van der Waals surface area (Å²) in [4.78, 5) is 52.0. The number of hydrogen-bond acceptors (Lipinski definition) is 16. The number of pyridine rings is 7. The summed E-state index contributed by atoms with van der Waals surface area (Å²) in [5, 5.41) is 0. The van der Waals surface area contributed by atoms with Gasteiger partial charge < -0.3 is 58.7 Å². The van der Waals surface area contributed by atoms with Crippen LogP contribution in [0.2, 0.25) is 0 Å². The summed E-state index contributed by atoms with van der Waals surface area (Å²) in [6.07, 6.45) is 16.8. The maximum atomic E-state index is 4.68. The van der Waals surface area contributed by atoms with E-state index in [4.69, 9.17) is 0 Å². The number of nitrogens with zero attached hydrogens (tertiary/aromatic N) is 17. The van der Waals surface area contributed by atoms with Crippen molar-refractivity contribution >= 4 is 68.8 Å². The summed E-state index contributed by atoms with van der Waals surface area (Å²) >= 11 is 0. The molecule has 0 fully saturated rings. The fourth-order valence-electron chi connectivity index (χ4n) is 16.9. The van der Waals surface area contributed by atoms with E-state index in [0.29, 0.717) is 17.9 Å². The summed E-state index contributed by atoms with van der Waals surface area (Å²) in [7, 11) is 5.98. The molecule has 0 saturated heterocycles. The maximum absolute atomic E-state index is 4.68. The van der Waals surface area contributed by atoms with Crippen molar-refractivity contribution in [3.8, 4) is 84.2 Å². The molecule has 21 heteroatoms. The van der Waals surface area contributed by atoms with E-state index in [1.165, 1.54) is 61.3 Å². The van der Waals surface area contributed by atoms with Crippen molar-refractivity contribution in [1.29, 1.82) is 0 Å². The Morgan fingerprint density at radius 1 is 0.275 bits per heavy atom. The number of hydrogen-bond donors (Lipinski definition) is 0. The van der Waals surface area contributed by atoms with Crippen LogP contribution in [0.3, 0.4) is 0 Å². The van der Waals surface area contributed by atoms with Gasteiger partial charge >= 0.3 is 80.4 Å². The zero-order chi connectivity index (χ0) is 100. The quantitative estimate of drug-likeness (QED) is 0.0900. The van der Waals surface area contributed by atoms with Crippen molar-refractivity contribution in [2.24, 2.45) is 0 Å². The second-order valence-corrected chi connectivity index (χ2v) is 35.3. The van der Waals surface area contributed by atoms with Crippen LogP contribution in [0.5, 0.6) is 0 Å². The topological polar surface area (TPSA) is 134 Å². The van der Waals surface area contributed by atoms with E-state index in [1.54, 1.807) is 24.8 Å². The van der Waals surface area contributed by atoms with E-state index in [1.807, 2.05) is 342 Å². The molecule has 12 heterocycles. The van der Waals surface area contributed by atoms with Crippen molar-refractivity contribution in [2.45, 2.75) is 73.3 Å². The third-order valence-electron chi connectivity index (χ3n) is 24.1. The van der Waals surface area contributed by atoms with E-state index >= 15 is 0 Å². The Morgan fingerprint density at radius 2 is 0.664 bits per heavy atom. The number of anilines is 12. The molecule has 4 aliphatic heterocycles. The third kappa shape index (κ3) is 28.3. The van der Waals surface area contributed by atoms with Crippen LogP contribution in [0.15, 0.2) is 432 Å². The Hall–Kier alpha value is -15.1. The van der Waals surface area contributed by atoms with Crippen LogP contribution in [0.4, 0.5) is 68.8 Å². The molecule has 0 amide bonds. The third-order valence-corrected chi connectivity index (χ3v) is 24.1. The average Bonchev–Trinajstić information content (AvgIpc) is 1.76. The first-order valence-electron chi connectivity index (χ1n) is 48.4. The van der Waals surface area contributed by atoms with Gasteiger partial charge in [-0.2, -0.15) is 141 Å². The molecule has 744 valence electrons. The Kier molecular flexibility index (Phi) is 41.1. The van der Waals surface area contributed by atoms with Gasteiger partial charge in [0.05, 0.1) is 22.9 Å². The SMILES string of the molecule is CC(C)N1[CH-]N(c2[c-]cccc2)c2ncccc21.CC(C)c1cc(-c2ccccc2)cc(C(C)C)c1-n1ccnc1-c1[c-]cccc1.CN1[CH-]N(c2[c-]cccc2)c2cccnc21.CN1[CH-]N(c2[c-]cccc2)c2cccnc21.CN1[CH-]N(c2[c-]cccc2)c2cccnc21.Cc1cc(-c2[c-]cccc2)ncc1-c1ccccc1.Cc1ccc(-c2[c-]cc(-c3ccccc3)cc2)nc1.[Ir+3].[Ir+3].[Ir+3].[Ir+3].[c-]1ccccc1-c1ccccn1. The van der Waals surface area contributed by atoms with Crippen molar-refractivity contribution in [1.82, 2.24) is 44.4 Å². The van der Waals surface area contributed by atoms with Crippen LogP contribution < -0.4 is 39.2 Å². The molecule has 0 bridgehead atoms. The first kappa shape index (κ1) is 111. The fraction of sp³-hybridized carbons (Fsp3) is 0.109. The van der Waals surface area contributed by atoms with Gasteiger partial charge in [-0.15, -0.1) is 167 Å². The Balaban J connectivity index is 0.000000143. The van der Waals surface area contributed by atoms with E-state index < -0.39 is 0 Å². The van der Waals surface area contributed by atoms with Gasteiger partial charge in [-0.25, -0.2) is 19.9 Å². The second kappa shape index (κ2) is 55.1. The first-order chi connectivity index (χ1) is 71.0. The molecule has 0 aliphatic carbocycles. The summed E-state index contributed by atoms with van der Waals surface area (Å²) < 4.78 is 2.24. The molecule has 0 radical (unpaired) electrons. The number of benzene rings is 12. The molecule has 0 atom stereocenters. The van der Waals surface area contributed by atoms with Crippen LogP contribution in [-0.2, 0) is 80.4 Å². The fourth-order valence-corrected chi connectivity index (χ4v) is 16.9. The minimum Gasteiger partial charge on any atom is -0.498 e. The molecule has 20 aromatic rings. The normalized spacial score (nSPS) is 11.9. The zero-order valence-electron chi connectivity index (χ0n) is 84.5. The van der Waals surface area contributed by atoms with Crippen molar-refractivity contribution in [2.75, 3.05) is 60.3 Å². The van der Waals surface area contributed by atoms with Crippen molar-refractivity contribution in [3.05, 3.63) is 529 Å². The number of fused-ring (bicyclic) bond motifs is 4. The molecule has 0 N–H and O–H groups in total. The molecule has 0 unspecified atom stereocenters. The summed E-state index contributed by atoms with van der Waals surface area (Å²) in [6.45, 7) is 25.7. The minimum absolute atomic E-state index is 0. The van der Waals surface area contributed by atoms with Gasteiger partial charge in [0.2, 0.25) is 0 Å². The summed E-state index contributed by atoms with van der Waals surface area (Å²) in [5.74, 6) is 5.59. The standard InChI is InChI=1S/C27H27N2.2C18H14N.C15H15N3.3C13H11N3.C11H8N.4Ir/c1-19(2)24-17-23(21-11-7-5-8-12-21)18-25(20(3)4)26(24)29-16-15-28-27(29)22-13-9-6-10-14-22;1-14-12-18(16-10-6-3-7-11-16)19-13-17(14)15-8-4-2-5-9-15;1-14-7-12-18(19-13-14)17-10-8-16(9-11-17)15-5-3-2-4-6-15;1-12(2)17-11-18(13-7-4-3-5-8-13)15-14(17)9-6-10-16-15;3*1-15-10-16(11-6-3-2-4-7-11)12-8-5-9-14-13(12)15;1-2-6-10(7-3-1)11-8-4-5-9-12-11;;;;/h5-13,15-20H,1-4H3;2*2-10,12-13H,1H3;3-7,9-12H,1-2H3;3*2-6,8-10H,1H3;1-6,8-9H;;;;/q3*-1;4*-2;-1;4*+3. The molecule has 4 aliphatic rings. The van der Waals surface area contributed by atoms with E-state index in [0.717, 1.165) is 114 Å². The van der Waals surface area contributed by atoms with Gasteiger partial charge in [0.1, 0.15) is 23.3 Å². The monoisotopic (exact) mass is 2660 g/mol. The van der Waals surface area contributed by atoms with Crippen molar-refractivity contribution in [3.63, 3.8) is 0 Å². The smallest absolute Gasteiger partial charge is 0.498 e. The van der Waals surface area contributed by atoms with Crippen molar-refractivity contribution < 1.29 is 80.4 Å². The van der Waals surface area contributed by atoms with Crippen LogP contribution in [0.25, 0.3) is 84.2 Å². The summed E-state index contributed by atoms with van der Waals surface area (Å²) in [5.41, 5.74) is 29.2. The molecule has 24 rings (SSSR count). The molecule has 0 saturated carbocycles. The summed E-state index contributed by atoms with van der Waals surface area (Å²) in [6, 6.07) is 152. The van der Waals surface area contributed by atoms with E-state index in [-0.39, 0.29) is 80.4 Å². The van der Waals surface area contributed by atoms with Gasteiger partial charge in [-0.05, 0) is 189 Å². The van der Waals surface area contributed by atoms with E-state index in [2.05, 4.69) is 300 Å².